The zero-order chi connectivity index (χ0) is 21.3. The smallest absolute Gasteiger partial charge is 0.319 e. The summed E-state index contributed by atoms with van der Waals surface area (Å²) in [4.78, 5) is 29.5. The van der Waals surface area contributed by atoms with Gasteiger partial charge in [-0.15, -0.1) is 0 Å². The van der Waals surface area contributed by atoms with E-state index in [0.717, 1.165) is 18.7 Å². The quantitative estimate of drug-likeness (QED) is 0.709. The van der Waals surface area contributed by atoms with Gasteiger partial charge in [0.2, 0.25) is 0 Å². The molecule has 0 saturated carbocycles. The van der Waals surface area contributed by atoms with E-state index < -0.39 is 5.54 Å². The van der Waals surface area contributed by atoms with E-state index in [2.05, 4.69) is 58.7 Å². The molecule has 1 heterocycles. The first-order valence-electron chi connectivity index (χ1n) is 10.3. The van der Waals surface area contributed by atoms with Crippen LogP contribution in [0.5, 0.6) is 0 Å². The molecule has 0 aliphatic carbocycles. The molecular formula is C23H37N3O2. The van der Waals surface area contributed by atoms with Gasteiger partial charge in [0, 0.05) is 13.1 Å². The number of urea groups is 1. The molecule has 0 bridgehead atoms. The molecule has 2 rings (SSSR count). The van der Waals surface area contributed by atoms with E-state index in [-0.39, 0.29) is 17.4 Å². The summed E-state index contributed by atoms with van der Waals surface area (Å²) in [6.45, 7) is 18.9. The van der Waals surface area contributed by atoms with Gasteiger partial charge in [-0.3, -0.25) is 9.69 Å². The molecular weight excluding hydrogens is 350 g/mol. The first-order valence-corrected chi connectivity index (χ1v) is 10.3. The largest absolute Gasteiger partial charge is 0.326 e. The van der Waals surface area contributed by atoms with Gasteiger partial charge >= 0.3 is 6.03 Å². The Morgan fingerprint density at radius 1 is 1.00 bits per heavy atom. The molecule has 1 N–H and O–H groups in total. The fraction of sp³-hybridized carbons (Fsp3) is 0.652. The Kier molecular flexibility index (Phi) is 6.59. The summed E-state index contributed by atoms with van der Waals surface area (Å²) in [7, 11) is 0. The summed E-state index contributed by atoms with van der Waals surface area (Å²) in [5.41, 5.74) is 1.05. The van der Waals surface area contributed by atoms with Crippen LogP contribution in [0, 0.1) is 11.8 Å². The van der Waals surface area contributed by atoms with Crippen molar-refractivity contribution in [2.75, 3.05) is 19.8 Å². The summed E-state index contributed by atoms with van der Waals surface area (Å²) in [6, 6.07) is 7.70. The second-order valence-corrected chi connectivity index (χ2v) is 10.1. The van der Waals surface area contributed by atoms with Gasteiger partial charge in [-0.25, -0.2) is 9.69 Å². The Labute approximate surface area is 170 Å². The first kappa shape index (κ1) is 22.4. The highest BCUT2D eigenvalue weighted by Gasteiger charge is 2.49. The van der Waals surface area contributed by atoms with Crippen molar-refractivity contribution in [1.82, 2.24) is 15.1 Å². The molecule has 1 saturated heterocycles. The first-order chi connectivity index (χ1) is 12.8. The predicted molar refractivity (Wildman–Crippen MR) is 114 cm³/mol. The molecule has 0 spiro atoms. The fourth-order valence-corrected chi connectivity index (χ4v) is 3.75. The lowest BCUT2D eigenvalue weighted by atomic mass is 9.84. The molecule has 5 heteroatoms. The van der Waals surface area contributed by atoms with Crippen molar-refractivity contribution in [3.05, 3.63) is 35.4 Å². The molecule has 1 aliphatic heterocycles. The fourth-order valence-electron chi connectivity index (χ4n) is 3.75. The van der Waals surface area contributed by atoms with E-state index in [1.54, 1.807) is 6.92 Å². The third-order valence-corrected chi connectivity index (χ3v) is 5.19. The van der Waals surface area contributed by atoms with E-state index in [9.17, 15) is 9.59 Å². The van der Waals surface area contributed by atoms with Gasteiger partial charge in [0.25, 0.3) is 5.91 Å². The van der Waals surface area contributed by atoms with Crippen molar-refractivity contribution < 1.29 is 9.59 Å². The third-order valence-electron chi connectivity index (χ3n) is 5.19. The SMILES string of the molecule is CC(C)CN(CC(C)C)CN1C(=O)NC(C)(c2ccc(C(C)(C)C)cc2)C1=O. The summed E-state index contributed by atoms with van der Waals surface area (Å²) in [5, 5.41) is 2.93. The summed E-state index contributed by atoms with van der Waals surface area (Å²) < 4.78 is 0. The van der Waals surface area contributed by atoms with Crippen molar-refractivity contribution in [1.29, 1.82) is 0 Å². The number of hydrogen-bond donors (Lipinski definition) is 1. The van der Waals surface area contributed by atoms with Gasteiger partial charge < -0.3 is 5.32 Å². The monoisotopic (exact) mass is 387 g/mol. The van der Waals surface area contributed by atoms with Crippen LogP contribution in [0.1, 0.15) is 66.5 Å². The lowest BCUT2D eigenvalue weighted by molar-refractivity contribution is -0.132. The van der Waals surface area contributed by atoms with E-state index in [1.807, 2.05) is 24.3 Å². The van der Waals surface area contributed by atoms with Gasteiger partial charge in [-0.1, -0.05) is 72.7 Å². The van der Waals surface area contributed by atoms with Crippen LogP contribution in [-0.2, 0) is 15.7 Å². The minimum absolute atomic E-state index is 0.0442. The highest BCUT2D eigenvalue weighted by atomic mass is 16.2. The predicted octanol–water partition coefficient (Wildman–Crippen LogP) is 4.32. The molecule has 1 aliphatic rings. The minimum atomic E-state index is -1.02. The van der Waals surface area contributed by atoms with Crippen molar-refractivity contribution in [2.24, 2.45) is 11.8 Å². The molecule has 28 heavy (non-hydrogen) atoms. The van der Waals surface area contributed by atoms with Gasteiger partial charge in [-0.05, 0) is 35.3 Å². The Balaban J connectivity index is 2.23. The zero-order valence-electron chi connectivity index (χ0n) is 18.8. The number of carbonyl (C=O) groups excluding carboxylic acids is 2. The summed E-state index contributed by atoms with van der Waals surface area (Å²) in [6.07, 6.45) is 0. The van der Waals surface area contributed by atoms with E-state index in [4.69, 9.17) is 0 Å². The molecule has 156 valence electrons. The van der Waals surface area contributed by atoms with Crippen molar-refractivity contribution in [3.63, 3.8) is 0 Å². The lowest BCUT2D eigenvalue weighted by Gasteiger charge is -2.30. The maximum Gasteiger partial charge on any atom is 0.326 e. The molecule has 0 radical (unpaired) electrons. The molecule has 1 atom stereocenters. The van der Waals surface area contributed by atoms with E-state index >= 15 is 0 Å². The third kappa shape index (κ3) is 4.93. The Morgan fingerprint density at radius 2 is 1.50 bits per heavy atom. The van der Waals surface area contributed by atoms with Crippen LogP contribution in [0.25, 0.3) is 0 Å². The highest BCUT2D eigenvalue weighted by Crippen LogP contribution is 2.31. The number of imide groups is 1. The number of carbonyl (C=O) groups is 2. The van der Waals surface area contributed by atoms with Gasteiger partial charge in [-0.2, -0.15) is 0 Å². The maximum absolute atomic E-state index is 13.2. The van der Waals surface area contributed by atoms with Crippen LogP contribution in [0.3, 0.4) is 0 Å². The topological polar surface area (TPSA) is 52.6 Å². The number of benzene rings is 1. The van der Waals surface area contributed by atoms with Crippen LogP contribution < -0.4 is 5.32 Å². The van der Waals surface area contributed by atoms with Crippen molar-refractivity contribution >= 4 is 11.9 Å². The number of nitrogens with zero attached hydrogens (tertiary/aromatic N) is 2. The second-order valence-electron chi connectivity index (χ2n) is 10.1. The minimum Gasteiger partial charge on any atom is -0.319 e. The van der Waals surface area contributed by atoms with Crippen molar-refractivity contribution in [3.8, 4) is 0 Å². The van der Waals surface area contributed by atoms with Gasteiger partial charge in [0.05, 0.1) is 6.67 Å². The number of rotatable bonds is 7. The van der Waals surface area contributed by atoms with Gasteiger partial charge in [0.15, 0.2) is 0 Å². The highest BCUT2D eigenvalue weighted by molar-refractivity contribution is 6.07. The zero-order valence-corrected chi connectivity index (χ0v) is 18.8. The molecule has 1 aromatic carbocycles. The Bertz CT molecular complexity index is 694. The van der Waals surface area contributed by atoms with Crippen LogP contribution in [0.2, 0.25) is 0 Å². The Hall–Kier alpha value is -1.88. The molecule has 3 amide bonds. The maximum atomic E-state index is 13.2. The summed E-state index contributed by atoms with van der Waals surface area (Å²) >= 11 is 0. The standard InChI is InChI=1S/C23H37N3O2/c1-16(2)13-25(14-17(3)4)15-26-20(27)23(8,24-21(26)28)19-11-9-18(10-12-19)22(5,6)7/h9-12,16-17H,13-15H2,1-8H3,(H,24,28). The molecule has 1 unspecified atom stereocenters. The normalized spacial score (nSPS) is 20.6. The molecule has 1 fully saturated rings. The van der Waals surface area contributed by atoms with Crippen molar-refractivity contribution in [2.45, 2.75) is 66.3 Å². The average Bonchev–Trinajstić information content (AvgIpc) is 2.77. The average molecular weight is 388 g/mol. The summed E-state index contributed by atoms with van der Waals surface area (Å²) in [5.74, 6) is 0.755. The number of amides is 3. The number of hydrogen-bond acceptors (Lipinski definition) is 3. The van der Waals surface area contributed by atoms with Crippen LogP contribution in [-0.4, -0.2) is 41.5 Å². The van der Waals surface area contributed by atoms with Crippen LogP contribution in [0.4, 0.5) is 4.79 Å². The molecule has 5 nitrogen and oxygen atoms in total. The van der Waals surface area contributed by atoms with E-state index in [0.29, 0.717) is 18.5 Å². The van der Waals surface area contributed by atoms with E-state index in [1.165, 1.54) is 10.5 Å². The molecule has 1 aromatic rings. The van der Waals surface area contributed by atoms with Crippen LogP contribution in [0.15, 0.2) is 24.3 Å². The second kappa shape index (κ2) is 8.24. The van der Waals surface area contributed by atoms with Crippen LogP contribution >= 0.6 is 0 Å². The lowest BCUT2D eigenvalue weighted by Crippen LogP contribution is -2.45. The number of nitrogens with one attached hydrogen (secondary N) is 1. The molecule has 0 aromatic heterocycles. The Morgan fingerprint density at radius 3 is 1.93 bits per heavy atom. The van der Waals surface area contributed by atoms with Gasteiger partial charge in [0.1, 0.15) is 5.54 Å².